The second-order valence-electron chi connectivity index (χ2n) is 4.29. The Kier molecular flexibility index (Phi) is 4.29. The molecular weight excluding hydrogens is 241 g/mol. The average Bonchev–Trinajstić information content (AvgIpc) is 2.44. The fourth-order valence-corrected chi connectivity index (χ4v) is 1.88. The molecule has 98 valence electrons. The van der Waals surface area contributed by atoms with Crippen LogP contribution in [-0.2, 0) is 6.54 Å². The van der Waals surface area contributed by atoms with Crippen molar-refractivity contribution >= 4 is 6.08 Å². The number of benzene rings is 1. The molecule has 1 aromatic carbocycles. The van der Waals surface area contributed by atoms with Gasteiger partial charge in [0, 0.05) is 5.69 Å². The van der Waals surface area contributed by atoms with E-state index in [0.717, 1.165) is 17.7 Å². The lowest BCUT2D eigenvalue weighted by Crippen LogP contribution is -2.25. The van der Waals surface area contributed by atoms with Crippen LogP contribution in [0, 0.1) is 5.82 Å². The number of hydrogen-bond acceptors (Lipinski definition) is 1. The maximum absolute atomic E-state index is 13.4. The number of hydrogen-bond donors (Lipinski definition) is 0. The predicted molar refractivity (Wildman–Crippen MR) is 75.5 cm³/mol. The van der Waals surface area contributed by atoms with Gasteiger partial charge in [-0.25, -0.2) is 4.39 Å². The Hall–Kier alpha value is -2.16. The Labute approximate surface area is 111 Å². The van der Waals surface area contributed by atoms with Gasteiger partial charge in [-0.3, -0.25) is 4.79 Å². The Bertz CT molecular complexity index is 629. The largest absolute Gasteiger partial charge is 0.302 e. The first kappa shape index (κ1) is 13.3. The molecular formula is C16H16FNO. The number of allylic oxidation sites excluding steroid dienone is 1. The minimum absolute atomic E-state index is 0.376. The summed E-state index contributed by atoms with van der Waals surface area (Å²) in [6, 6.07) is 12.4. The molecule has 0 unspecified atom stereocenters. The first-order chi connectivity index (χ1) is 9.22. The van der Waals surface area contributed by atoms with Crippen molar-refractivity contribution in [3.8, 4) is 0 Å². The summed E-state index contributed by atoms with van der Waals surface area (Å²) in [4.78, 5) is 11.9. The zero-order valence-corrected chi connectivity index (χ0v) is 10.8. The van der Waals surface area contributed by atoms with Crippen molar-refractivity contribution in [2.24, 2.45) is 0 Å². The first-order valence-electron chi connectivity index (χ1n) is 6.32. The van der Waals surface area contributed by atoms with E-state index < -0.39 is 11.4 Å². The smallest absolute Gasteiger partial charge is 0.287 e. The summed E-state index contributed by atoms with van der Waals surface area (Å²) in [6.45, 7) is 2.39. The normalized spacial score (nSPS) is 11.1. The van der Waals surface area contributed by atoms with E-state index in [0.29, 0.717) is 6.54 Å². The molecule has 0 saturated carbocycles. The summed E-state index contributed by atoms with van der Waals surface area (Å²) in [5, 5.41) is 0. The van der Waals surface area contributed by atoms with Gasteiger partial charge >= 0.3 is 0 Å². The fourth-order valence-electron chi connectivity index (χ4n) is 1.88. The Morgan fingerprint density at radius 2 is 1.89 bits per heavy atom. The maximum Gasteiger partial charge on any atom is 0.287 e. The molecule has 0 saturated heterocycles. The lowest BCUT2D eigenvalue weighted by molar-refractivity contribution is 0.579. The van der Waals surface area contributed by atoms with E-state index in [4.69, 9.17) is 0 Å². The van der Waals surface area contributed by atoms with Crippen LogP contribution in [0.1, 0.15) is 24.6 Å². The standard InChI is InChI=1S/C16H16FNO/c1-2-3-9-14-10-11-15(17)16(19)18(14)12-13-7-5-4-6-8-13/h3-11H,2,12H2,1H3. The maximum atomic E-state index is 13.4. The van der Waals surface area contributed by atoms with Gasteiger partial charge < -0.3 is 4.57 Å². The van der Waals surface area contributed by atoms with Crippen molar-refractivity contribution in [3.63, 3.8) is 0 Å². The topological polar surface area (TPSA) is 22.0 Å². The van der Waals surface area contributed by atoms with Gasteiger partial charge in [0.15, 0.2) is 5.82 Å². The van der Waals surface area contributed by atoms with Crippen LogP contribution < -0.4 is 5.56 Å². The molecule has 0 fully saturated rings. The van der Waals surface area contributed by atoms with Gasteiger partial charge in [-0.2, -0.15) is 0 Å². The number of nitrogens with zero attached hydrogens (tertiary/aromatic N) is 1. The second kappa shape index (κ2) is 6.14. The summed E-state index contributed by atoms with van der Waals surface area (Å²) in [5.74, 6) is -0.718. The molecule has 0 bridgehead atoms. The highest BCUT2D eigenvalue weighted by Crippen LogP contribution is 2.07. The van der Waals surface area contributed by atoms with E-state index in [1.807, 2.05) is 49.4 Å². The predicted octanol–water partition coefficient (Wildman–Crippen LogP) is 3.46. The van der Waals surface area contributed by atoms with Crippen LogP contribution in [0.25, 0.3) is 6.08 Å². The zero-order valence-electron chi connectivity index (χ0n) is 10.8. The van der Waals surface area contributed by atoms with Crippen molar-refractivity contribution in [1.82, 2.24) is 4.57 Å². The molecule has 0 aliphatic rings. The fraction of sp³-hybridized carbons (Fsp3) is 0.188. The monoisotopic (exact) mass is 257 g/mol. The molecule has 0 N–H and O–H groups in total. The minimum Gasteiger partial charge on any atom is -0.302 e. The van der Waals surface area contributed by atoms with Gasteiger partial charge in [-0.1, -0.05) is 43.3 Å². The van der Waals surface area contributed by atoms with Crippen molar-refractivity contribution in [2.75, 3.05) is 0 Å². The van der Waals surface area contributed by atoms with Crippen LogP contribution in [0.15, 0.2) is 53.3 Å². The molecule has 1 heterocycles. The van der Waals surface area contributed by atoms with Gasteiger partial charge in [-0.15, -0.1) is 0 Å². The lowest BCUT2D eigenvalue weighted by atomic mass is 10.2. The number of pyridine rings is 1. The third-order valence-corrected chi connectivity index (χ3v) is 2.87. The molecule has 2 nitrogen and oxygen atoms in total. The molecule has 0 aliphatic heterocycles. The first-order valence-corrected chi connectivity index (χ1v) is 6.32. The highest BCUT2D eigenvalue weighted by molar-refractivity contribution is 5.45. The Morgan fingerprint density at radius 3 is 2.58 bits per heavy atom. The summed E-state index contributed by atoms with van der Waals surface area (Å²) >= 11 is 0. The van der Waals surface area contributed by atoms with E-state index in [9.17, 15) is 9.18 Å². The van der Waals surface area contributed by atoms with Crippen LogP contribution in [0.5, 0.6) is 0 Å². The molecule has 0 radical (unpaired) electrons. The summed E-state index contributed by atoms with van der Waals surface area (Å²) in [6.07, 6.45) is 4.68. The highest BCUT2D eigenvalue weighted by Gasteiger charge is 2.07. The number of halogens is 1. The second-order valence-corrected chi connectivity index (χ2v) is 4.29. The van der Waals surface area contributed by atoms with Crippen LogP contribution in [0.4, 0.5) is 4.39 Å². The number of rotatable bonds is 4. The van der Waals surface area contributed by atoms with Gasteiger partial charge in [0.2, 0.25) is 0 Å². The van der Waals surface area contributed by atoms with Crippen LogP contribution in [-0.4, -0.2) is 4.57 Å². The van der Waals surface area contributed by atoms with Crippen molar-refractivity contribution in [2.45, 2.75) is 19.9 Å². The van der Waals surface area contributed by atoms with Crippen molar-refractivity contribution < 1.29 is 4.39 Å². The molecule has 0 spiro atoms. The SMILES string of the molecule is CCC=Cc1ccc(F)c(=O)n1Cc1ccccc1. The van der Waals surface area contributed by atoms with Crippen molar-refractivity contribution in [3.05, 3.63) is 76.0 Å². The molecule has 0 aliphatic carbocycles. The van der Waals surface area contributed by atoms with E-state index in [1.54, 1.807) is 6.07 Å². The zero-order chi connectivity index (χ0) is 13.7. The Balaban J connectivity index is 2.45. The molecule has 2 aromatic rings. The van der Waals surface area contributed by atoms with Gasteiger partial charge in [0.05, 0.1) is 6.54 Å². The molecule has 0 amide bonds. The quantitative estimate of drug-likeness (QED) is 0.822. The molecule has 19 heavy (non-hydrogen) atoms. The summed E-state index contributed by atoms with van der Waals surface area (Å²) in [5.41, 5.74) is 1.11. The van der Waals surface area contributed by atoms with E-state index in [-0.39, 0.29) is 0 Å². The van der Waals surface area contributed by atoms with E-state index >= 15 is 0 Å². The summed E-state index contributed by atoms with van der Waals surface area (Å²) in [7, 11) is 0. The van der Waals surface area contributed by atoms with Gasteiger partial charge in [-0.05, 0) is 30.2 Å². The third-order valence-electron chi connectivity index (χ3n) is 2.87. The van der Waals surface area contributed by atoms with Crippen molar-refractivity contribution in [1.29, 1.82) is 0 Å². The van der Waals surface area contributed by atoms with Crippen LogP contribution in [0.2, 0.25) is 0 Å². The molecule has 2 rings (SSSR count). The minimum atomic E-state index is -0.718. The Morgan fingerprint density at radius 1 is 1.16 bits per heavy atom. The molecule has 1 aromatic heterocycles. The molecule has 3 heteroatoms. The average molecular weight is 257 g/mol. The van der Waals surface area contributed by atoms with E-state index in [1.165, 1.54) is 10.6 Å². The van der Waals surface area contributed by atoms with Gasteiger partial charge in [0.25, 0.3) is 5.56 Å². The van der Waals surface area contributed by atoms with E-state index in [2.05, 4.69) is 0 Å². The highest BCUT2D eigenvalue weighted by atomic mass is 19.1. The van der Waals surface area contributed by atoms with Gasteiger partial charge in [0.1, 0.15) is 0 Å². The number of aromatic nitrogens is 1. The molecule has 0 atom stereocenters. The van der Waals surface area contributed by atoms with Crippen LogP contribution in [0.3, 0.4) is 0 Å². The third kappa shape index (κ3) is 3.19. The summed E-state index contributed by atoms with van der Waals surface area (Å²) < 4.78 is 14.9. The lowest BCUT2D eigenvalue weighted by Gasteiger charge is -2.10. The van der Waals surface area contributed by atoms with Crippen LogP contribution >= 0.6 is 0 Å².